The van der Waals surface area contributed by atoms with Crippen molar-refractivity contribution < 1.29 is 60.6 Å². The van der Waals surface area contributed by atoms with E-state index >= 15 is 0 Å². The second-order valence-corrected chi connectivity index (χ2v) is 12.2. The number of halogens is 4. The zero-order chi connectivity index (χ0) is 41.1. The normalized spacial score (nSPS) is 11.5. The molecular formula is C39H50ClF3N4O10. The first kappa shape index (κ1) is 47.4. The minimum atomic E-state index is -4.73. The molecule has 0 saturated carbocycles. The summed E-state index contributed by atoms with van der Waals surface area (Å²) in [6.45, 7) is 7.82. The Labute approximate surface area is 335 Å². The van der Waals surface area contributed by atoms with Gasteiger partial charge in [0.2, 0.25) is 0 Å². The predicted octanol–water partition coefficient (Wildman–Crippen LogP) is 5.04. The highest BCUT2D eigenvalue weighted by Gasteiger charge is 2.33. The van der Waals surface area contributed by atoms with Gasteiger partial charge in [0.05, 0.1) is 123 Å². The zero-order valence-corrected chi connectivity index (χ0v) is 32.7. The molecule has 0 aliphatic heterocycles. The molecule has 3 rings (SSSR count). The van der Waals surface area contributed by atoms with Crippen LogP contribution in [0.5, 0.6) is 5.75 Å². The molecule has 0 unspecified atom stereocenters. The van der Waals surface area contributed by atoms with Crippen LogP contribution in [-0.2, 0) is 44.1 Å². The number of pyridine rings is 1. The van der Waals surface area contributed by atoms with Crippen LogP contribution in [-0.4, -0.2) is 137 Å². The van der Waals surface area contributed by atoms with Crippen molar-refractivity contribution in [3.63, 3.8) is 0 Å². The number of nitrogens with zero attached hydrogens (tertiary/aromatic N) is 3. The van der Waals surface area contributed by atoms with E-state index in [-0.39, 0.29) is 40.5 Å². The molecule has 0 bridgehead atoms. The molecule has 0 aliphatic rings. The number of hydrogen-bond acceptors (Lipinski definition) is 13. The summed E-state index contributed by atoms with van der Waals surface area (Å²) in [4.78, 5) is 18.4. The highest BCUT2D eigenvalue weighted by Crippen LogP contribution is 2.35. The third kappa shape index (κ3) is 18.0. The zero-order valence-electron chi connectivity index (χ0n) is 31.9. The van der Waals surface area contributed by atoms with Gasteiger partial charge >= 0.3 is 6.18 Å². The molecule has 1 amide bonds. The van der Waals surface area contributed by atoms with Gasteiger partial charge in [0.25, 0.3) is 5.91 Å². The molecule has 1 heterocycles. The topological polar surface area (TPSA) is 166 Å². The average molecular weight is 827 g/mol. The molecule has 1 aromatic heterocycles. The van der Waals surface area contributed by atoms with Gasteiger partial charge in [-0.15, -0.1) is 0 Å². The van der Waals surface area contributed by atoms with E-state index in [0.717, 1.165) is 6.20 Å². The number of benzene rings is 2. The minimum absolute atomic E-state index is 0.0633. The Hall–Kier alpha value is -3.93. The van der Waals surface area contributed by atoms with Gasteiger partial charge in [-0.25, -0.2) is 0 Å². The second-order valence-electron chi connectivity index (χ2n) is 11.8. The second kappa shape index (κ2) is 27.7. The van der Waals surface area contributed by atoms with Gasteiger partial charge in [0.1, 0.15) is 18.1 Å². The quantitative estimate of drug-likeness (QED) is 0.0890. The Balaban J connectivity index is 1.24. The Kier molecular flexibility index (Phi) is 23.0. The molecule has 0 radical (unpaired) electrons. The molecular weight excluding hydrogens is 777 g/mol. The number of aromatic nitrogens is 1. The average Bonchev–Trinajstić information content (AvgIpc) is 3.21. The molecule has 2 N–H and O–H groups in total. The number of para-hydroxylation sites is 2. The molecule has 57 heavy (non-hydrogen) atoms. The van der Waals surface area contributed by atoms with Gasteiger partial charge in [-0.3, -0.25) is 9.78 Å². The molecule has 14 nitrogen and oxygen atoms in total. The first-order valence-electron chi connectivity index (χ1n) is 18.3. The van der Waals surface area contributed by atoms with Gasteiger partial charge in [0.15, 0.2) is 0 Å². The standard InChI is InChI=1S/C39H50ClF3N4O10/c1-47(38(48)30-6-7-34(40)32(26-30)33-29-46-37(39(41,42)43)27-31(33)28-45)35-4-2-3-5-36(35)57-25-24-56-23-22-55-21-20-54-19-18-53-17-16-52-15-14-51-13-12-50-11-10-49-9-8-44/h2-7,26-27,29H,8-25,44H2,1H3. The summed E-state index contributed by atoms with van der Waals surface area (Å²) in [6.07, 6.45) is -3.80. The van der Waals surface area contributed by atoms with Crippen LogP contribution in [0, 0.1) is 11.3 Å². The fourth-order valence-electron chi connectivity index (χ4n) is 4.88. The Morgan fingerprint density at radius 3 is 1.67 bits per heavy atom. The van der Waals surface area contributed by atoms with Crippen LogP contribution < -0.4 is 15.4 Å². The number of anilines is 1. The van der Waals surface area contributed by atoms with Crippen molar-refractivity contribution in [2.24, 2.45) is 5.73 Å². The van der Waals surface area contributed by atoms with Crippen LogP contribution in [0.2, 0.25) is 5.02 Å². The van der Waals surface area contributed by atoms with Crippen LogP contribution in [0.25, 0.3) is 11.1 Å². The van der Waals surface area contributed by atoms with Crippen molar-refractivity contribution in [2.45, 2.75) is 6.18 Å². The monoisotopic (exact) mass is 826 g/mol. The highest BCUT2D eigenvalue weighted by atomic mass is 35.5. The first-order chi connectivity index (χ1) is 27.7. The van der Waals surface area contributed by atoms with Crippen LogP contribution in [0.1, 0.15) is 21.6 Å². The summed E-state index contributed by atoms with van der Waals surface area (Å²) in [5, 5.41) is 9.68. The van der Waals surface area contributed by atoms with Crippen LogP contribution >= 0.6 is 11.6 Å². The van der Waals surface area contributed by atoms with Crippen molar-refractivity contribution in [3.8, 4) is 22.9 Å². The number of nitrogens with two attached hydrogens (primary N) is 1. The van der Waals surface area contributed by atoms with Crippen LogP contribution in [0.15, 0.2) is 54.7 Å². The lowest BCUT2D eigenvalue weighted by Gasteiger charge is -2.21. The van der Waals surface area contributed by atoms with Gasteiger partial charge in [0, 0.05) is 41.5 Å². The number of rotatable bonds is 30. The molecule has 0 atom stereocenters. The van der Waals surface area contributed by atoms with Gasteiger partial charge < -0.3 is 53.3 Å². The minimum Gasteiger partial charge on any atom is -0.489 e. The Bertz CT molecular complexity index is 1650. The van der Waals surface area contributed by atoms with E-state index in [2.05, 4.69) is 4.98 Å². The number of amides is 1. The number of carbonyl (C=O) groups is 1. The summed E-state index contributed by atoms with van der Waals surface area (Å²) in [7, 11) is 1.56. The fraction of sp³-hybridized carbons (Fsp3) is 0.513. The van der Waals surface area contributed by atoms with E-state index in [1.807, 2.05) is 0 Å². The summed E-state index contributed by atoms with van der Waals surface area (Å²) in [5.74, 6) is -0.0197. The van der Waals surface area contributed by atoms with Crippen molar-refractivity contribution in [1.82, 2.24) is 4.98 Å². The lowest BCUT2D eigenvalue weighted by atomic mass is 9.99. The first-order valence-corrected chi connectivity index (χ1v) is 18.6. The summed E-state index contributed by atoms with van der Waals surface area (Å²) >= 11 is 6.35. The van der Waals surface area contributed by atoms with Crippen LogP contribution in [0.4, 0.5) is 18.9 Å². The summed E-state index contributed by atoms with van der Waals surface area (Å²) in [6, 6.07) is 13.7. The van der Waals surface area contributed by atoms with Gasteiger partial charge in [-0.1, -0.05) is 23.7 Å². The summed E-state index contributed by atoms with van der Waals surface area (Å²) < 4.78 is 89.0. The van der Waals surface area contributed by atoms with Gasteiger partial charge in [-0.05, 0) is 36.4 Å². The molecule has 0 aliphatic carbocycles. The van der Waals surface area contributed by atoms with E-state index in [1.165, 1.54) is 23.1 Å². The molecule has 314 valence electrons. The van der Waals surface area contributed by atoms with E-state index in [0.29, 0.717) is 123 Å². The van der Waals surface area contributed by atoms with E-state index in [1.54, 1.807) is 37.4 Å². The summed E-state index contributed by atoms with van der Waals surface area (Å²) in [5.41, 5.74) is 4.74. The third-order valence-electron chi connectivity index (χ3n) is 7.70. The molecule has 2 aromatic carbocycles. The predicted molar refractivity (Wildman–Crippen MR) is 205 cm³/mol. The van der Waals surface area contributed by atoms with Gasteiger partial charge in [-0.2, -0.15) is 18.4 Å². The lowest BCUT2D eigenvalue weighted by molar-refractivity contribution is -0.141. The number of alkyl halides is 3. The van der Waals surface area contributed by atoms with Crippen molar-refractivity contribution in [1.29, 1.82) is 5.26 Å². The maximum Gasteiger partial charge on any atom is 0.433 e. The Morgan fingerprint density at radius 2 is 1.19 bits per heavy atom. The van der Waals surface area contributed by atoms with Crippen LogP contribution in [0.3, 0.4) is 0 Å². The largest absolute Gasteiger partial charge is 0.489 e. The number of carbonyl (C=O) groups excluding carboxylic acids is 1. The van der Waals surface area contributed by atoms with Crippen molar-refractivity contribution in [3.05, 3.63) is 76.6 Å². The van der Waals surface area contributed by atoms with Crippen molar-refractivity contribution in [2.75, 3.05) is 131 Å². The maximum atomic E-state index is 13.6. The number of ether oxygens (including phenoxy) is 9. The number of nitriles is 1. The molecule has 0 saturated heterocycles. The maximum absolute atomic E-state index is 13.6. The molecule has 0 spiro atoms. The third-order valence-corrected chi connectivity index (χ3v) is 8.03. The molecule has 18 heteroatoms. The molecule has 0 fully saturated rings. The van der Waals surface area contributed by atoms with E-state index in [4.69, 9.17) is 60.0 Å². The van der Waals surface area contributed by atoms with E-state index in [9.17, 15) is 23.2 Å². The number of hydrogen-bond donors (Lipinski definition) is 1. The lowest BCUT2D eigenvalue weighted by Crippen LogP contribution is -2.27. The van der Waals surface area contributed by atoms with E-state index < -0.39 is 17.8 Å². The smallest absolute Gasteiger partial charge is 0.433 e. The highest BCUT2D eigenvalue weighted by molar-refractivity contribution is 6.33. The Morgan fingerprint density at radius 1 is 0.719 bits per heavy atom. The fourth-order valence-corrected chi connectivity index (χ4v) is 5.10. The van der Waals surface area contributed by atoms with Crippen molar-refractivity contribution >= 4 is 23.2 Å². The SMILES string of the molecule is CN(C(=O)c1ccc(Cl)c(-c2cnc(C(F)(F)F)cc2C#N)c1)c1ccccc1OCCOCCOCCOCCOCCOCCOCCOCCOCCN. The molecule has 3 aromatic rings.